The van der Waals surface area contributed by atoms with Gasteiger partial charge in [0.1, 0.15) is 11.5 Å². The number of aryl methyl sites for hydroxylation is 1. The van der Waals surface area contributed by atoms with Gasteiger partial charge in [0.2, 0.25) is 0 Å². The van der Waals surface area contributed by atoms with Crippen LogP contribution in [0, 0.1) is 6.92 Å². The average molecular weight is 283 g/mol. The van der Waals surface area contributed by atoms with Gasteiger partial charge in [0, 0.05) is 10.6 Å². The molecule has 2 aromatic carbocycles. The van der Waals surface area contributed by atoms with Gasteiger partial charge in [0.25, 0.3) is 0 Å². The number of benzene rings is 2. The molecule has 2 rings (SSSR count). The van der Waals surface area contributed by atoms with Gasteiger partial charge in [-0.15, -0.1) is 0 Å². The maximum absolute atomic E-state index is 9.24. The second-order valence-corrected chi connectivity index (χ2v) is 4.79. The van der Waals surface area contributed by atoms with E-state index in [2.05, 4.69) is 0 Å². The van der Waals surface area contributed by atoms with Crippen molar-refractivity contribution in [2.75, 3.05) is 0 Å². The summed E-state index contributed by atoms with van der Waals surface area (Å²) in [5.41, 5.74) is 1.72. The molecule has 4 heteroatoms. The molecule has 0 saturated carbocycles. The Labute approximate surface area is 116 Å². The lowest BCUT2D eigenvalue weighted by Gasteiger charge is -2.11. The molecule has 0 aliphatic carbocycles. The minimum atomic E-state index is -0.115. The molecule has 2 nitrogen and oxygen atoms in total. The zero-order valence-electron chi connectivity index (χ0n) is 9.78. The SMILES string of the molecule is Cc1ccc(Oc2cc(Cl)ccc2CO)c(Cl)c1. The Morgan fingerprint density at radius 3 is 2.50 bits per heavy atom. The highest BCUT2D eigenvalue weighted by Gasteiger charge is 2.08. The second-order valence-electron chi connectivity index (χ2n) is 3.95. The number of aliphatic hydroxyl groups excluding tert-OH is 1. The molecule has 0 bridgehead atoms. The van der Waals surface area contributed by atoms with Crippen LogP contribution in [0.1, 0.15) is 11.1 Å². The van der Waals surface area contributed by atoms with Gasteiger partial charge in [-0.2, -0.15) is 0 Å². The van der Waals surface area contributed by atoms with Crippen LogP contribution in [0.2, 0.25) is 10.0 Å². The largest absolute Gasteiger partial charge is 0.455 e. The molecule has 94 valence electrons. The summed E-state index contributed by atoms with van der Waals surface area (Å²) in [6, 6.07) is 10.6. The predicted molar refractivity (Wildman–Crippen MR) is 73.6 cm³/mol. The molecule has 0 saturated heterocycles. The summed E-state index contributed by atoms with van der Waals surface area (Å²) in [4.78, 5) is 0. The molecule has 0 radical (unpaired) electrons. The molecule has 0 atom stereocenters. The second kappa shape index (κ2) is 5.61. The summed E-state index contributed by atoms with van der Waals surface area (Å²) in [6.07, 6.45) is 0. The van der Waals surface area contributed by atoms with Gasteiger partial charge >= 0.3 is 0 Å². The van der Waals surface area contributed by atoms with Gasteiger partial charge in [-0.3, -0.25) is 0 Å². The summed E-state index contributed by atoms with van der Waals surface area (Å²) in [5, 5.41) is 10.3. The van der Waals surface area contributed by atoms with Crippen molar-refractivity contribution in [1.29, 1.82) is 0 Å². The van der Waals surface area contributed by atoms with E-state index in [1.165, 1.54) is 0 Å². The van der Waals surface area contributed by atoms with Gasteiger partial charge in [0.15, 0.2) is 0 Å². The van der Waals surface area contributed by atoms with Gasteiger partial charge in [-0.1, -0.05) is 35.3 Å². The molecule has 0 aliphatic rings. The van der Waals surface area contributed by atoms with Crippen molar-refractivity contribution in [3.05, 3.63) is 57.6 Å². The van der Waals surface area contributed by atoms with Crippen LogP contribution in [0.25, 0.3) is 0 Å². The Kier molecular flexibility index (Phi) is 4.12. The van der Waals surface area contributed by atoms with Crippen LogP contribution in [0.15, 0.2) is 36.4 Å². The number of hydrogen-bond acceptors (Lipinski definition) is 2. The third kappa shape index (κ3) is 2.96. The fourth-order valence-corrected chi connectivity index (χ4v) is 2.00. The molecular weight excluding hydrogens is 271 g/mol. The summed E-state index contributed by atoms with van der Waals surface area (Å²) in [7, 11) is 0. The maximum atomic E-state index is 9.24. The fourth-order valence-electron chi connectivity index (χ4n) is 1.56. The van der Waals surface area contributed by atoms with E-state index in [9.17, 15) is 5.11 Å². The fraction of sp³-hybridized carbons (Fsp3) is 0.143. The first kappa shape index (κ1) is 13.2. The summed E-state index contributed by atoms with van der Waals surface area (Å²) in [6.45, 7) is 1.84. The summed E-state index contributed by atoms with van der Waals surface area (Å²) < 4.78 is 5.69. The first-order valence-corrected chi connectivity index (χ1v) is 6.19. The van der Waals surface area contributed by atoms with E-state index in [0.717, 1.165) is 5.56 Å². The predicted octanol–water partition coefficient (Wildman–Crippen LogP) is 4.59. The number of hydrogen-bond donors (Lipinski definition) is 1. The zero-order chi connectivity index (χ0) is 13.1. The van der Waals surface area contributed by atoms with Crippen LogP contribution >= 0.6 is 23.2 Å². The first-order chi connectivity index (χ1) is 8.60. The molecule has 0 unspecified atom stereocenters. The minimum absolute atomic E-state index is 0.115. The topological polar surface area (TPSA) is 29.5 Å². The highest BCUT2D eigenvalue weighted by atomic mass is 35.5. The number of ether oxygens (including phenoxy) is 1. The number of halogens is 2. The molecule has 0 aliphatic heterocycles. The number of aliphatic hydroxyl groups is 1. The Hall–Kier alpha value is -1.22. The number of rotatable bonds is 3. The Morgan fingerprint density at radius 1 is 1.06 bits per heavy atom. The van der Waals surface area contributed by atoms with E-state index in [0.29, 0.717) is 27.1 Å². The highest BCUT2D eigenvalue weighted by molar-refractivity contribution is 6.32. The van der Waals surface area contributed by atoms with Crippen molar-refractivity contribution >= 4 is 23.2 Å². The minimum Gasteiger partial charge on any atom is -0.455 e. The highest BCUT2D eigenvalue weighted by Crippen LogP contribution is 2.33. The van der Waals surface area contributed by atoms with Gasteiger partial charge in [-0.25, -0.2) is 0 Å². The van der Waals surface area contributed by atoms with E-state index in [4.69, 9.17) is 27.9 Å². The smallest absolute Gasteiger partial charge is 0.146 e. The lowest BCUT2D eigenvalue weighted by Crippen LogP contribution is -1.92. The molecule has 1 N–H and O–H groups in total. The summed E-state index contributed by atoms with van der Waals surface area (Å²) >= 11 is 12.0. The van der Waals surface area contributed by atoms with Crippen LogP contribution in [0.5, 0.6) is 11.5 Å². The van der Waals surface area contributed by atoms with Crippen molar-refractivity contribution in [3.8, 4) is 11.5 Å². The van der Waals surface area contributed by atoms with Crippen LogP contribution in [0.4, 0.5) is 0 Å². The van der Waals surface area contributed by atoms with Crippen LogP contribution in [-0.2, 0) is 6.61 Å². The van der Waals surface area contributed by atoms with E-state index < -0.39 is 0 Å². The Balaban J connectivity index is 2.36. The monoisotopic (exact) mass is 282 g/mol. The van der Waals surface area contributed by atoms with Crippen LogP contribution in [-0.4, -0.2) is 5.11 Å². The summed E-state index contributed by atoms with van der Waals surface area (Å²) in [5.74, 6) is 1.05. The molecular formula is C14H12Cl2O2. The van der Waals surface area contributed by atoms with Crippen LogP contribution < -0.4 is 4.74 Å². The zero-order valence-corrected chi connectivity index (χ0v) is 11.3. The first-order valence-electron chi connectivity index (χ1n) is 5.43. The van der Waals surface area contributed by atoms with E-state index in [-0.39, 0.29) is 6.61 Å². The Morgan fingerprint density at radius 2 is 1.83 bits per heavy atom. The quantitative estimate of drug-likeness (QED) is 0.893. The van der Waals surface area contributed by atoms with E-state index >= 15 is 0 Å². The van der Waals surface area contributed by atoms with Gasteiger partial charge in [0.05, 0.1) is 11.6 Å². The molecule has 0 amide bonds. The van der Waals surface area contributed by atoms with Crippen molar-refractivity contribution in [2.24, 2.45) is 0 Å². The lowest BCUT2D eigenvalue weighted by molar-refractivity contribution is 0.276. The van der Waals surface area contributed by atoms with Crippen molar-refractivity contribution < 1.29 is 9.84 Å². The van der Waals surface area contributed by atoms with Crippen LogP contribution in [0.3, 0.4) is 0 Å². The molecule has 18 heavy (non-hydrogen) atoms. The van der Waals surface area contributed by atoms with Gasteiger partial charge in [-0.05, 0) is 36.8 Å². The molecule has 0 heterocycles. The van der Waals surface area contributed by atoms with Crippen molar-refractivity contribution in [1.82, 2.24) is 0 Å². The average Bonchev–Trinajstić information content (AvgIpc) is 2.33. The van der Waals surface area contributed by atoms with Crippen molar-refractivity contribution in [2.45, 2.75) is 13.5 Å². The normalized spacial score (nSPS) is 10.4. The molecule has 0 aromatic heterocycles. The standard InChI is InChI=1S/C14H12Cl2O2/c1-9-2-5-13(12(16)6-9)18-14-7-11(15)4-3-10(14)8-17/h2-7,17H,8H2,1H3. The maximum Gasteiger partial charge on any atom is 0.146 e. The Bertz CT molecular complexity index is 568. The van der Waals surface area contributed by atoms with E-state index in [1.807, 2.05) is 19.1 Å². The third-order valence-corrected chi connectivity index (χ3v) is 3.04. The third-order valence-electron chi connectivity index (χ3n) is 2.51. The van der Waals surface area contributed by atoms with E-state index in [1.54, 1.807) is 24.3 Å². The lowest BCUT2D eigenvalue weighted by atomic mass is 10.2. The molecule has 0 spiro atoms. The molecule has 0 fully saturated rings. The van der Waals surface area contributed by atoms with Crippen molar-refractivity contribution in [3.63, 3.8) is 0 Å². The van der Waals surface area contributed by atoms with Gasteiger partial charge < -0.3 is 9.84 Å². The molecule has 2 aromatic rings.